The molecule has 6 nitrogen and oxygen atoms in total. The largest absolute Gasteiger partial charge is 0.379 e. The van der Waals surface area contributed by atoms with E-state index in [0.717, 1.165) is 43.5 Å². The van der Waals surface area contributed by atoms with Crippen LogP contribution in [0.25, 0.3) is 0 Å². The molecule has 1 fully saturated rings. The average Bonchev–Trinajstić information content (AvgIpc) is 2.83. The van der Waals surface area contributed by atoms with E-state index in [1.807, 2.05) is 13.8 Å². The fraction of sp³-hybridized carbons (Fsp3) is 0.733. The number of hydrogen-bond acceptors (Lipinski definition) is 5. The SMILES string of the molecule is Cc1nc(CNC(=O)NC[C@@H](C)CN2CCOCC2)sc1C. The molecule has 0 bridgehead atoms. The van der Waals surface area contributed by atoms with Gasteiger partial charge >= 0.3 is 6.03 Å². The van der Waals surface area contributed by atoms with Gasteiger partial charge in [0, 0.05) is 31.1 Å². The second-order valence-electron chi connectivity index (χ2n) is 5.83. The van der Waals surface area contributed by atoms with Crippen LogP contribution >= 0.6 is 11.3 Å². The number of aryl methyl sites for hydroxylation is 2. The van der Waals surface area contributed by atoms with Crippen LogP contribution in [0.15, 0.2) is 0 Å². The second kappa shape index (κ2) is 8.45. The highest BCUT2D eigenvalue weighted by atomic mass is 32.1. The molecule has 1 aromatic rings. The number of urea groups is 1. The van der Waals surface area contributed by atoms with Gasteiger partial charge < -0.3 is 15.4 Å². The van der Waals surface area contributed by atoms with Crippen LogP contribution in [0.4, 0.5) is 4.79 Å². The Morgan fingerprint density at radius 3 is 2.73 bits per heavy atom. The molecular weight excluding hydrogens is 300 g/mol. The maximum Gasteiger partial charge on any atom is 0.315 e. The van der Waals surface area contributed by atoms with Crippen molar-refractivity contribution >= 4 is 17.4 Å². The Balaban J connectivity index is 1.62. The molecule has 0 unspecified atom stereocenters. The lowest BCUT2D eigenvalue weighted by atomic mass is 10.1. The molecule has 2 rings (SSSR count). The Labute approximate surface area is 136 Å². The fourth-order valence-corrected chi connectivity index (χ4v) is 3.26. The van der Waals surface area contributed by atoms with E-state index in [2.05, 4.69) is 27.4 Å². The standard InChI is InChI=1S/C15H26N4O2S/c1-11(10-19-4-6-21-7-5-19)8-16-15(20)17-9-14-18-12(2)13(3)22-14/h11H,4-10H2,1-3H3,(H2,16,17,20)/t11-/m1/s1. The van der Waals surface area contributed by atoms with Crippen molar-refractivity contribution < 1.29 is 9.53 Å². The van der Waals surface area contributed by atoms with Crippen LogP contribution in [0, 0.1) is 19.8 Å². The third-order valence-electron chi connectivity index (χ3n) is 3.76. The summed E-state index contributed by atoms with van der Waals surface area (Å²) in [6.45, 7) is 12.0. The molecule has 2 heterocycles. The molecule has 2 N–H and O–H groups in total. The summed E-state index contributed by atoms with van der Waals surface area (Å²) in [7, 11) is 0. The number of amides is 2. The summed E-state index contributed by atoms with van der Waals surface area (Å²) in [5, 5.41) is 6.75. The predicted octanol–water partition coefficient (Wildman–Crippen LogP) is 1.53. The normalized spacial score (nSPS) is 17.2. The third kappa shape index (κ3) is 5.55. The Kier molecular flexibility index (Phi) is 6.60. The zero-order chi connectivity index (χ0) is 15.9. The first-order valence-corrected chi connectivity index (χ1v) is 8.61. The Morgan fingerprint density at radius 2 is 2.09 bits per heavy atom. The summed E-state index contributed by atoms with van der Waals surface area (Å²) < 4.78 is 5.34. The highest BCUT2D eigenvalue weighted by Crippen LogP contribution is 2.15. The van der Waals surface area contributed by atoms with E-state index in [0.29, 0.717) is 19.0 Å². The lowest BCUT2D eigenvalue weighted by Gasteiger charge is -2.29. The monoisotopic (exact) mass is 326 g/mol. The minimum atomic E-state index is -0.126. The maximum absolute atomic E-state index is 11.8. The quantitative estimate of drug-likeness (QED) is 0.832. The molecule has 1 aliphatic rings. The summed E-state index contributed by atoms with van der Waals surface area (Å²) in [4.78, 5) is 19.8. The number of ether oxygens (including phenoxy) is 1. The maximum atomic E-state index is 11.8. The zero-order valence-corrected chi connectivity index (χ0v) is 14.5. The topological polar surface area (TPSA) is 66.5 Å². The molecule has 1 aliphatic heterocycles. The molecular formula is C15H26N4O2S. The van der Waals surface area contributed by atoms with Crippen LogP contribution in [0.5, 0.6) is 0 Å². The molecule has 0 spiro atoms. The van der Waals surface area contributed by atoms with E-state index < -0.39 is 0 Å². The number of rotatable bonds is 6. The lowest BCUT2D eigenvalue weighted by Crippen LogP contribution is -2.43. The van der Waals surface area contributed by atoms with Crippen molar-refractivity contribution in [1.29, 1.82) is 0 Å². The smallest absolute Gasteiger partial charge is 0.315 e. The molecule has 7 heteroatoms. The van der Waals surface area contributed by atoms with Crippen molar-refractivity contribution in [2.45, 2.75) is 27.3 Å². The number of nitrogens with one attached hydrogen (secondary N) is 2. The van der Waals surface area contributed by atoms with Gasteiger partial charge in [-0.1, -0.05) is 6.92 Å². The molecule has 0 radical (unpaired) electrons. The van der Waals surface area contributed by atoms with Crippen LogP contribution in [0.3, 0.4) is 0 Å². The average molecular weight is 326 g/mol. The van der Waals surface area contributed by atoms with Gasteiger partial charge in [-0.25, -0.2) is 9.78 Å². The highest BCUT2D eigenvalue weighted by Gasteiger charge is 2.14. The van der Waals surface area contributed by atoms with E-state index >= 15 is 0 Å². The summed E-state index contributed by atoms with van der Waals surface area (Å²) >= 11 is 1.63. The molecule has 0 aromatic carbocycles. The molecule has 1 aromatic heterocycles. The van der Waals surface area contributed by atoms with Crippen molar-refractivity contribution in [2.24, 2.45) is 5.92 Å². The molecule has 22 heavy (non-hydrogen) atoms. The van der Waals surface area contributed by atoms with Gasteiger partial charge in [0.25, 0.3) is 0 Å². The van der Waals surface area contributed by atoms with Crippen LogP contribution in [0.2, 0.25) is 0 Å². The van der Waals surface area contributed by atoms with E-state index in [9.17, 15) is 4.79 Å². The van der Waals surface area contributed by atoms with Crippen molar-refractivity contribution in [3.63, 3.8) is 0 Å². The number of aromatic nitrogens is 1. The number of thiazole rings is 1. The Morgan fingerprint density at radius 1 is 1.36 bits per heavy atom. The minimum Gasteiger partial charge on any atom is -0.379 e. The number of carbonyl (C=O) groups is 1. The Hall–Kier alpha value is -1.18. The first kappa shape index (κ1) is 17.2. The van der Waals surface area contributed by atoms with Crippen LogP contribution in [0.1, 0.15) is 22.5 Å². The van der Waals surface area contributed by atoms with Crippen LogP contribution in [-0.4, -0.2) is 55.3 Å². The minimum absolute atomic E-state index is 0.126. The van der Waals surface area contributed by atoms with Crippen molar-refractivity contribution in [1.82, 2.24) is 20.5 Å². The van der Waals surface area contributed by atoms with Crippen LogP contribution < -0.4 is 10.6 Å². The van der Waals surface area contributed by atoms with Gasteiger partial charge in [0.05, 0.1) is 25.5 Å². The highest BCUT2D eigenvalue weighted by molar-refractivity contribution is 7.11. The summed E-state index contributed by atoms with van der Waals surface area (Å²) in [5.41, 5.74) is 1.04. The second-order valence-corrected chi connectivity index (χ2v) is 7.12. The first-order valence-electron chi connectivity index (χ1n) is 7.79. The van der Waals surface area contributed by atoms with Gasteiger partial charge in [-0.05, 0) is 19.8 Å². The number of nitrogens with zero attached hydrogens (tertiary/aromatic N) is 2. The number of carbonyl (C=O) groups excluding carboxylic acids is 1. The number of morpholine rings is 1. The molecule has 1 atom stereocenters. The van der Waals surface area contributed by atoms with E-state index in [1.54, 1.807) is 11.3 Å². The van der Waals surface area contributed by atoms with Gasteiger partial charge in [0.2, 0.25) is 0 Å². The lowest BCUT2D eigenvalue weighted by molar-refractivity contribution is 0.0319. The zero-order valence-electron chi connectivity index (χ0n) is 13.6. The van der Waals surface area contributed by atoms with Gasteiger partial charge in [-0.3, -0.25) is 4.90 Å². The Bertz CT molecular complexity index is 466. The molecule has 2 amide bonds. The van der Waals surface area contributed by atoms with E-state index in [-0.39, 0.29) is 6.03 Å². The van der Waals surface area contributed by atoms with Gasteiger partial charge in [0.1, 0.15) is 5.01 Å². The van der Waals surface area contributed by atoms with E-state index in [1.165, 1.54) is 4.88 Å². The number of hydrogen-bond donors (Lipinski definition) is 2. The summed E-state index contributed by atoms with van der Waals surface area (Å²) in [6, 6.07) is -0.126. The first-order chi connectivity index (χ1) is 10.5. The van der Waals surface area contributed by atoms with Crippen molar-refractivity contribution in [2.75, 3.05) is 39.4 Å². The molecule has 0 aliphatic carbocycles. The fourth-order valence-electron chi connectivity index (χ4n) is 2.39. The van der Waals surface area contributed by atoms with Crippen LogP contribution in [-0.2, 0) is 11.3 Å². The molecule has 1 saturated heterocycles. The molecule has 124 valence electrons. The van der Waals surface area contributed by atoms with Gasteiger partial charge in [0.15, 0.2) is 0 Å². The molecule has 0 saturated carbocycles. The van der Waals surface area contributed by atoms with Crippen molar-refractivity contribution in [3.05, 3.63) is 15.6 Å². The van der Waals surface area contributed by atoms with E-state index in [4.69, 9.17) is 4.74 Å². The summed E-state index contributed by atoms with van der Waals surface area (Å²) in [5.74, 6) is 0.424. The third-order valence-corrected chi connectivity index (χ3v) is 4.83. The predicted molar refractivity (Wildman–Crippen MR) is 88.2 cm³/mol. The van der Waals surface area contributed by atoms with Gasteiger partial charge in [-0.15, -0.1) is 11.3 Å². The summed E-state index contributed by atoms with van der Waals surface area (Å²) in [6.07, 6.45) is 0. The van der Waals surface area contributed by atoms with Gasteiger partial charge in [-0.2, -0.15) is 0 Å². The van der Waals surface area contributed by atoms with Crippen molar-refractivity contribution in [3.8, 4) is 0 Å².